The van der Waals surface area contributed by atoms with Gasteiger partial charge < -0.3 is 9.47 Å². The van der Waals surface area contributed by atoms with Crippen LogP contribution in [0.25, 0.3) is 11.3 Å². The predicted molar refractivity (Wildman–Crippen MR) is 131 cm³/mol. The van der Waals surface area contributed by atoms with Gasteiger partial charge in [0.15, 0.2) is 0 Å². The van der Waals surface area contributed by atoms with Gasteiger partial charge in [0.05, 0.1) is 31.6 Å². The second-order valence-corrected chi connectivity index (χ2v) is 8.53. The molecule has 0 radical (unpaired) electrons. The Morgan fingerprint density at radius 1 is 1.11 bits per heavy atom. The average molecular weight is 499 g/mol. The molecule has 10 heteroatoms. The molecule has 1 fully saturated rings. The number of ether oxygens (including phenoxy) is 2. The van der Waals surface area contributed by atoms with E-state index in [2.05, 4.69) is 15.3 Å². The van der Waals surface area contributed by atoms with Crippen molar-refractivity contribution in [2.45, 2.75) is 19.4 Å². The fourth-order valence-corrected chi connectivity index (χ4v) is 4.01. The van der Waals surface area contributed by atoms with Crippen LogP contribution in [-0.4, -0.2) is 60.2 Å². The first kappa shape index (κ1) is 25.5. The summed E-state index contributed by atoms with van der Waals surface area (Å²) in [4.78, 5) is 27.0. The third kappa shape index (κ3) is 6.73. The third-order valence-corrected chi connectivity index (χ3v) is 5.92. The topological polar surface area (TPSA) is 85.7 Å². The molecule has 1 aliphatic rings. The number of carbonyl (C=O) groups is 1. The monoisotopic (exact) mass is 498 g/mol. The molecule has 1 saturated heterocycles. The number of amides is 1. The van der Waals surface area contributed by atoms with Crippen LogP contribution in [0, 0.1) is 11.6 Å². The summed E-state index contributed by atoms with van der Waals surface area (Å²) in [5.74, 6) is -1.46. The summed E-state index contributed by atoms with van der Waals surface area (Å²) in [5, 5.41) is 7.03. The SMILES string of the molecule is CC(c1cccc(NC(=O)OCCCN2CCOCC2)c1)n1nc(-c2cc(F)cc(F)c2)ccc1=O. The minimum Gasteiger partial charge on any atom is -0.449 e. The van der Waals surface area contributed by atoms with Crippen molar-refractivity contribution in [3.63, 3.8) is 0 Å². The Bertz CT molecular complexity index is 1240. The number of nitrogens with zero attached hydrogens (tertiary/aromatic N) is 3. The molecule has 0 spiro atoms. The zero-order valence-corrected chi connectivity index (χ0v) is 20.0. The molecule has 3 aromatic rings. The van der Waals surface area contributed by atoms with Gasteiger partial charge in [-0.1, -0.05) is 12.1 Å². The zero-order valence-electron chi connectivity index (χ0n) is 20.0. The Kier molecular flexibility index (Phi) is 8.40. The zero-order chi connectivity index (χ0) is 25.5. The first-order valence-electron chi connectivity index (χ1n) is 11.8. The molecule has 1 N–H and O–H groups in total. The molecular weight excluding hydrogens is 470 g/mol. The van der Waals surface area contributed by atoms with Crippen LogP contribution in [0.1, 0.15) is 24.9 Å². The number of benzene rings is 2. The van der Waals surface area contributed by atoms with Crippen molar-refractivity contribution in [3.8, 4) is 11.3 Å². The van der Waals surface area contributed by atoms with E-state index >= 15 is 0 Å². The van der Waals surface area contributed by atoms with E-state index in [9.17, 15) is 18.4 Å². The molecule has 1 amide bonds. The van der Waals surface area contributed by atoms with E-state index in [4.69, 9.17) is 9.47 Å². The smallest absolute Gasteiger partial charge is 0.411 e. The van der Waals surface area contributed by atoms with Gasteiger partial charge in [-0.25, -0.2) is 18.3 Å². The number of hydrogen-bond acceptors (Lipinski definition) is 6. The highest BCUT2D eigenvalue weighted by Crippen LogP contribution is 2.22. The minimum atomic E-state index is -0.732. The summed E-state index contributed by atoms with van der Waals surface area (Å²) < 4.78 is 39.2. The van der Waals surface area contributed by atoms with Crippen molar-refractivity contribution in [2.24, 2.45) is 0 Å². The second kappa shape index (κ2) is 11.9. The standard InChI is InChI=1S/C26H28F2N4O4/c1-18(32-25(33)7-6-24(30-32)20-14-21(27)17-22(28)15-20)19-4-2-5-23(16-19)29-26(34)36-11-3-8-31-9-12-35-13-10-31/h2,4-7,14-18H,3,8-13H2,1H3,(H,29,34). The van der Waals surface area contributed by atoms with E-state index in [1.807, 2.05) is 0 Å². The minimum absolute atomic E-state index is 0.222. The van der Waals surface area contributed by atoms with Crippen molar-refractivity contribution in [1.29, 1.82) is 0 Å². The predicted octanol–water partition coefficient (Wildman–Crippen LogP) is 4.07. The summed E-state index contributed by atoms with van der Waals surface area (Å²) in [5.41, 5.74) is 1.32. The molecule has 1 unspecified atom stereocenters. The van der Waals surface area contributed by atoms with Crippen LogP contribution < -0.4 is 10.9 Å². The van der Waals surface area contributed by atoms with Crippen LogP contribution in [-0.2, 0) is 9.47 Å². The van der Waals surface area contributed by atoms with E-state index in [0.29, 0.717) is 17.9 Å². The molecule has 2 heterocycles. The Morgan fingerprint density at radius 3 is 2.61 bits per heavy atom. The highest BCUT2D eigenvalue weighted by molar-refractivity contribution is 5.84. The van der Waals surface area contributed by atoms with Gasteiger partial charge in [0.1, 0.15) is 11.6 Å². The number of carbonyl (C=O) groups excluding carboxylic acids is 1. The Balaban J connectivity index is 1.39. The van der Waals surface area contributed by atoms with Gasteiger partial charge in [0.25, 0.3) is 5.56 Å². The van der Waals surface area contributed by atoms with Crippen molar-refractivity contribution in [1.82, 2.24) is 14.7 Å². The molecule has 1 aliphatic heterocycles. The fourth-order valence-electron chi connectivity index (χ4n) is 4.01. The third-order valence-electron chi connectivity index (χ3n) is 5.92. The lowest BCUT2D eigenvalue weighted by atomic mass is 10.1. The molecule has 1 aromatic heterocycles. The summed E-state index contributed by atoms with van der Waals surface area (Å²) in [7, 11) is 0. The van der Waals surface area contributed by atoms with E-state index in [0.717, 1.165) is 57.5 Å². The quantitative estimate of drug-likeness (QED) is 0.472. The molecule has 4 rings (SSSR count). The second-order valence-electron chi connectivity index (χ2n) is 8.53. The average Bonchev–Trinajstić information content (AvgIpc) is 2.87. The van der Waals surface area contributed by atoms with Crippen LogP contribution in [0.4, 0.5) is 19.3 Å². The highest BCUT2D eigenvalue weighted by atomic mass is 19.1. The van der Waals surface area contributed by atoms with Gasteiger partial charge in [-0.05, 0) is 49.2 Å². The number of halogens is 2. The van der Waals surface area contributed by atoms with Gasteiger partial charge >= 0.3 is 6.09 Å². The van der Waals surface area contributed by atoms with Crippen LogP contribution >= 0.6 is 0 Å². The van der Waals surface area contributed by atoms with E-state index < -0.39 is 23.8 Å². The summed E-state index contributed by atoms with van der Waals surface area (Å²) in [6.07, 6.45) is 0.164. The first-order chi connectivity index (χ1) is 17.4. The van der Waals surface area contributed by atoms with Crippen molar-refractivity contribution in [3.05, 3.63) is 82.1 Å². The maximum absolute atomic E-state index is 13.7. The Morgan fingerprint density at radius 2 is 1.86 bits per heavy atom. The van der Waals surface area contributed by atoms with Crippen LogP contribution in [0.2, 0.25) is 0 Å². The highest BCUT2D eigenvalue weighted by Gasteiger charge is 2.15. The number of rotatable bonds is 8. The summed E-state index contributed by atoms with van der Waals surface area (Å²) >= 11 is 0. The molecule has 2 aromatic carbocycles. The van der Waals surface area contributed by atoms with Gasteiger partial charge in [-0.3, -0.25) is 15.0 Å². The molecule has 0 bridgehead atoms. The maximum Gasteiger partial charge on any atom is 0.411 e. The van der Waals surface area contributed by atoms with Gasteiger partial charge in [0.2, 0.25) is 0 Å². The van der Waals surface area contributed by atoms with Gasteiger partial charge in [-0.15, -0.1) is 0 Å². The molecule has 1 atom stereocenters. The molecule has 36 heavy (non-hydrogen) atoms. The summed E-state index contributed by atoms with van der Waals surface area (Å²) in [6, 6.07) is 12.3. The van der Waals surface area contributed by atoms with Crippen molar-refractivity contribution in [2.75, 3.05) is 44.8 Å². The molecule has 190 valence electrons. The van der Waals surface area contributed by atoms with E-state index in [1.54, 1.807) is 31.2 Å². The molecule has 0 saturated carbocycles. The lowest BCUT2D eigenvalue weighted by Gasteiger charge is -2.26. The number of nitrogens with one attached hydrogen (secondary N) is 1. The molecular formula is C26H28F2N4O4. The Labute approximate surface area is 207 Å². The maximum atomic E-state index is 13.7. The number of morpholine rings is 1. The number of hydrogen-bond donors (Lipinski definition) is 1. The molecule has 8 nitrogen and oxygen atoms in total. The van der Waals surface area contributed by atoms with Crippen LogP contribution in [0.3, 0.4) is 0 Å². The largest absolute Gasteiger partial charge is 0.449 e. The number of anilines is 1. The lowest BCUT2D eigenvalue weighted by Crippen LogP contribution is -2.37. The Hall–Kier alpha value is -3.63. The normalized spacial score (nSPS) is 14.9. The number of aromatic nitrogens is 2. The van der Waals surface area contributed by atoms with Crippen molar-refractivity contribution >= 4 is 11.8 Å². The summed E-state index contributed by atoms with van der Waals surface area (Å²) in [6.45, 7) is 6.14. The van der Waals surface area contributed by atoms with Crippen LogP contribution in [0.15, 0.2) is 59.4 Å². The first-order valence-corrected chi connectivity index (χ1v) is 11.8. The van der Waals surface area contributed by atoms with Crippen molar-refractivity contribution < 1.29 is 23.0 Å². The van der Waals surface area contributed by atoms with Crippen LogP contribution in [0.5, 0.6) is 0 Å². The van der Waals surface area contributed by atoms with Gasteiger partial charge in [0, 0.05) is 43.0 Å². The fraction of sp³-hybridized carbons (Fsp3) is 0.346. The molecule has 0 aliphatic carbocycles. The lowest BCUT2D eigenvalue weighted by molar-refractivity contribution is 0.0348. The van der Waals surface area contributed by atoms with E-state index in [-0.39, 0.29) is 16.8 Å². The van der Waals surface area contributed by atoms with E-state index in [1.165, 1.54) is 16.8 Å². The van der Waals surface area contributed by atoms with Gasteiger partial charge in [-0.2, -0.15) is 5.10 Å².